The molecule has 4 nitrogen and oxygen atoms in total. The third kappa shape index (κ3) is 5.23. The second kappa shape index (κ2) is 8.40. The van der Waals surface area contributed by atoms with Crippen molar-refractivity contribution in [2.45, 2.75) is 52.9 Å². The summed E-state index contributed by atoms with van der Waals surface area (Å²) in [4.78, 5) is 23.5. The first kappa shape index (κ1) is 17.2. The lowest BCUT2D eigenvalue weighted by molar-refractivity contribution is -0.127. The van der Waals surface area contributed by atoms with Crippen LogP contribution in [0, 0.1) is 23.7 Å². The molecule has 0 saturated heterocycles. The summed E-state index contributed by atoms with van der Waals surface area (Å²) in [6.45, 7) is 7.27. The molecule has 116 valence electrons. The van der Waals surface area contributed by atoms with E-state index in [1.54, 1.807) is 0 Å². The minimum absolute atomic E-state index is 0.0174. The quantitative estimate of drug-likeness (QED) is 0.703. The molecule has 0 aromatic heterocycles. The minimum atomic E-state index is -0.149. The molecule has 0 unspecified atom stereocenters. The molecule has 0 radical (unpaired) electrons. The fourth-order valence-electron chi connectivity index (χ4n) is 3.32. The molecule has 0 heterocycles. The van der Waals surface area contributed by atoms with Crippen molar-refractivity contribution < 1.29 is 9.59 Å². The van der Waals surface area contributed by atoms with Crippen LogP contribution >= 0.6 is 0 Å². The van der Waals surface area contributed by atoms with Crippen LogP contribution in [0.5, 0.6) is 0 Å². The second-order valence-electron chi connectivity index (χ2n) is 6.56. The normalized spacial score (nSPS) is 26.6. The molecule has 0 bridgehead atoms. The summed E-state index contributed by atoms with van der Waals surface area (Å²) in [5.41, 5.74) is 5.22. The van der Waals surface area contributed by atoms with Gasteiger partial charge >= 0.3 is 0 Å². The van der Waals surface area contributed by atoms with Gasteiger partial charge in [0, 0.05) is 18.9 Å². The van der Waals surface area contributed by atoms with E-state index in [0.29, 0.717) is 36.5 Å². The lowest BCUT2D eigenvalue weighted by atomic mass is 9.68. The monoisotopic (exact) mass is 282 g/mol. The van der Waals surface area contributed by atoms with E-state index in [9.17, 15) is 9.59 Å². The number of nitrogens with one attached hydrogen (secondary N) is 1. The maximum Gasteiger partial charge on any atom is 0.233 e. The largest absolute Gasteiger partial charge is 0.355 e. The third-order valence-electron chi connectivity index (χ3n) is 4.54. The number of hydrogen-bond acceptors (Lipinski definition) is 3. The highest BCUT2D eigenvalue weighted by Crippen LogP contribution is 2.39. The average Bonchev–Trinajstić information content (AvgIpc) is 2.42. The molecule has 1 rings (SSSR count). The molecule has 4 heteroatoms. The molecule has 0 aromatic carbocycles. The van der Waals surface area contributed by atoms with Crippen LogP contribution in [0.25, 0.3) is 0 Å². The zero-order valence-electron chi connectivity index (χ0n) is 13.2. The van der Waals surface area contributed by atoms with E-state index >= 15 is 0 Å². The van der Waals surface area contributed by atoms with E-state index in [0.717, 1.165) is 12.8 Å². The van der Waals surface area contributed by atoms with Crippen LogP contribution in [0.15, 0.2) is 0 Å². The van der Waals surface area contributed by atoms with E-state index in [4.69, 9.17) is 5.73 Å². The van der Waals surface area contributed by atoms with Crippen molar-refractivity contribution >= 4 is 11.7 Å². The Morgan fingerprint density at radius 2 is 2.00 bits per heavy atom. The first-order valence-corrected chi connectivity index (χ1v) is 7.95. The van der Waals surface area contributed by atoms with E-state index in [1.807, 2.05) is 0 Å². The average molecular weight is 282 g/mol. The Balaban J connectivity index is 2.40. The molecule has 20 heavy (non-hydrogen) atoms. The molecule has 1 aliphatic carbocycles. The summed E-state index contributed by atoms with van der Waals surface area (Å²) in [7, 11) is 0. The van der Waals surface area contributed by atoms with Gasteiger partial charge in [0.05, 0.1) is 6.54 Å². The predicted octanol–water partition coefficient (Wildman–Crippen LogP) is 2.12. The van der Waals surface area contributed by atoms with Crippen molar-refractivity contribution in [3.8, 4) is 0 Å². The maximum absolute atomic E-state index is 12.4. The molecule has 0 spiro atoms. The van der Waals surface area contributed by atoms with E-state index < -0.39 is 0 Å². The van der Waals surface area contributed by atoms with Gasteiger partial charge in [0.1, 0.15) is 5.78 Å². The van der Waals surface area contributed by atoms with Crippen LogP contribution < -0.4 is 11.1 Å². The van der Waals surface area contributed by atoms with Gasteiger partial charge in [0.15, 0.2) is 0 Å². The molecule has 0 aliphatic heterocycles. The molecule has 3 N–H and O–H groups in total. The van der Waals surface area contributed by atoms with Gasteiger partial charge in [-0.25, -0.2) is 0 Å². The number of ketones is 1. The number of hydrogen-bond donors (Lipinski definition) is 2. The zero-order valence-corrected chi connectivity index (χ0v) is 13.2. The van der Waals surface area contributed by atoms with Gasteiger partial charge in [0.25, 0.3) is 0 Å². The van der Waals surface area contributed by atoms with E-state index in [2.05, 4.69) is 26.1 Å². The van der Waals surface area contributed by atoms with Crippen LogP contribution in [0.4, 0.5) is 0 Å². The van der Waals surface area contributed by atoms with Crippen molar-refractivity contribution in [2.75, 3.05) is 13.1 Å². The summed E-state index contributed by atoms with van der Waals surface area (Å²) in [5.74, 6) is 2.24. The molecule has 1 aliphatic rings. The highest BCUT2D eigenvalue weighted by molar-refractivity contribution is 5.81. The third-order valence-corrected chi connectivity index (χ3v) is 4.54. The van der Waals surface area contributed by atoms with Gasteiger partial charge < -0.3 is 11.1 Å². The Kier molecular flexibility index (Phi) is 7.20. The summed E-state index contributed by atoms with van der Waals surface area (Å²) in [6.07, 6.45) is 4.76. The molecule has 1 saturated carbocycles. The van der Waals surface area contributed by atoms with Crippen molar-refractivity contribution in [3.05, 3.63) is 0 Å². The Bertz CT molecular complexity index is 328. The van der Waals surface area contributed by atoms with Gasteiger partial charge in [-0.1, -0.05) is 27.2 Å². The molecule has 3 atom stereocenters. The van der Waals surface area contributed by atoms with Gasteiger partial charge in [-0.15, -0.1) is 0 Å². The zero-order chi connectivity index (χ0) is 15.1. The summed E-state index contributed by atoms with van der Waals surface area (Å²) in [5, 5.41) is 2.72. The highest BCUT2D eigenvalue weighted by atomic mass is 16.1. The lowest BCUT2D eigenvalue weighted by Gasteiger charge is -2.36. The topological polar surface area (TPSA) is 72.2 Å². The fraction of sp³-hybridized carbons (Fsp3) is 0.875. The molecule has 1 amide bonds. The summed E-state index contributed by atoms with van der Waals surface area (Å²) >= 11 is 0. The smallest absolute Gasteiger partial charge is 0.233 e. The summed E-state index contributed by atoms with van der Waals surface area (Å²) < 4.78 is 0. The number of Topliss-reactive ketones (excluding diaryl/α,β-unsaturated/α-hetero) is 1. The fourth-order valence-corrected chi connectivity index (χ4v) is 3.32. The minimum Gasteiger partial charge on any atom is -0.355 e. The number of rotatable bonds is 7. The van der Waals surface area contributed by atoms with Crippen LogP contribution in [-0.2, 0) is 9.59 Å². The van der Waals surface area contributed by atoms with Crippen LogP contribution in [0.2, 0.25) is 0 Å². The Labute approximate surface area is 122 Å². The van der Waals surface area contributed by atoms with E-state index in [1.165, 1.54) is 12.8 Å². The molecular formula is C16H30N2O2. The Hall–Kier alpha value is -0.900. The number of carbonyl (C=O) groups is 2. The highest BCUT2D eigenvalue weighted by Gasteiger charge is 2.34. The second-order valence-corrected chi connectivity index (χ2v) is 6.56. The summed E-state index contributed by atoms with van der Waals surface area (Å²) in [6, 6.07) is 0. The van der Waals surface area contributed by atoms with Crippen molar-refractivity contribution in [1.82, 2.24) is 5.32 Å². The lowest BCUT2D eigenvalue weighted by Crippen LogP contribution is -2.34. The predicted molar refractivity (Wildman–Crippen MR) is 81.1 cm³/mol. The van der Waals surface area contributed by atoms with Crippen molar-refractivity contribution in [3.63, 3.8) is 0 Å². The maximum atomic E-state index is 12.4. The van der Waals surface area contributed by atoms with Gasteiger partial charge in [-0.2, -0.15) is 0 Å². The first-order valence-electron chi connectivity index (χ1n) is 7.95. The number of nitrogens with two attached hydrogens (primary N) is 1. The van der Waals surface area contributed by atoms with Gasteiger partial charge in [0.2, 0.25) is 5.91 Å². The van der Waals surface area contributed by atoms with Crippen LogP contribution in [0.3, 0.4) is 0 Å². The van der Waals surface area contributed by atoms with Crippen LogP contribution in [0.1, 0.15) is 52.9 Å². The Morgan fingerprint density at radius 1 is 1.30 bits per heavy atom. The molecular weight excluding hydrogens is 252 g/mol. The Morgan fingerprint density at radius 3 is 2.60 bits per heavy atom. The molecule has 0 aromatic rings. The first-order chi connectivity index (χ1) is 9.45. The standard InChI is InChI=1S/C16H30N2O2/c1-11(2)13-7-6-12(3)9-14(13)15(19)5-4-8-18-16(20)10-17/h11-14H,4-10,17H2,1-3H3,(H,18,20)/t12-,13+,14-/m1/s1. The van der Waals surface area contributed by atoms with Crippen molar-refractivity contribution in [1.29, 1.82) is 0 Å². The number of amides is 1. The van der Waals surface area contributed by atoms with E-state index in [-0.39, 0.29) is 18.4 Å². The molecule has 1 fully saturated rings. The van der Waals surface area contributed by atoms with Gasteiger partial charge in [-0.3, -0.25) is 9.59 Å². The number of carbonyl (C=O) groups excluding carboxylic acids is 2. The van der Waals surface area contributed by atoms with Gasteiger partial charge in [-0.05, 0) is 37.0 Å². The SMILES string of the molecule is CC(C)[C@@H]1CC[C@@H](C)C[C@H]1C(=O)CCCNC(=O)CN. The van der Waals surface area contributed by atoms with Crippen LogP contribution in [-0.4, -0.2) is 24.8 Å². The van der Waals surface area contributed by atoms with Crippen molar-refractivity contribution in [2.24, 2.45) is 29.4 Å².